The predicted molar refractivity (Wildman–Crippen MR) is 94.9 cm³/mol. The summed E-state index contributed by atoms with van der Waals surface area (Å²) in [7, 11) is 1.29. The molecule has 0 saturated carbocycles. The minimum Gasteiger partial charge on any atom is -0.481 e. The fourth-order valence-electron chi connectivity index (χ4n) is 1.94. The van der Waals surface area contributed by atoms with Crippen molar-refractivity contribution in [1.82, 2.24) is 5.43 Å². The van der Waals surface area contributed by atoms with E-state index >= 15 is 0 Å². The van der Waals surface area contributed by atoms with Gasteiger partial charge in [0, 0.05) is 11.3 Å². The number of nitrogens with zero attached hydrogens (tertiary/aromatic N) is 1. The van der Waals surface area contributed by atoms with Gasteiger partial charge in [0.1, 0.15) is 5.75 Å². The van der Waals surface area contributed by atoms with Crippen LogP contribution >= 0.6 is 0 Å². The smallest absolute Gasteiger partial charge is 0.343 e. The molecule has 2 N–H and O–H groups in total. The molecule has 2 aromatic carbocycles. The molecule has 0 aliphatic carbocycles. The van der Waals surface area contributed by atoms with Crippen LogP contribution in [0.4, 0.5) is 10.5 Å². The first-order valence-electron chi connectivity index (χ1n) is 7.54. The standard InChI is InChI=1S/C18H19N3O4/c1-13-7-3-5-9-15(13)20-18(23)21-19-11-14-8-4-6-10-16(14)25-12-17(22)24-2/h3-11H,12H2,1-2H3,(H2,20,21,23). The Bertz CT molecular complexity index is 774. The predicted octanol–water partition coefficient (Wildman–Crippen LogP) is 2.70. The molecule has 0 atom stereocenters. The fraction of sp³-hybridized carbons (Fsp3) is 0.167. The average Bonchev–Trinajstić information content (AvgIpc) is 2.62. The molecule has 0 spiro atoms. The number of carbonyl (C=O) groups excluding carboxylic acids is 2. The minimum atomic E-state index is -0.484. The number of anilines is 1. The summed E-state index contributed by atoms with van der Waals surface area (Å²) in [5.41, 5.74) is 4.65. The molecule has 2 amide bonds. The van der Waals surface area contributed by atoms with Crippen LogP contribution in [0.3, 0.4) is 0 Å². The summed E-state index contributed by atoms with van der Waals surface area (Å²) >= 11 is 0. The van der Waals surface area contributed by atoms with E-state index < -0.39 is 12.0 Å². The highest BCUT2D eigenvalue weighted by atomic mass is 16.6. The number of methoxy groups -OCH3 is 1. The van der Waals surface area contributed by atoms with Crippen molar-refractivity contribution in [3.05, 3.63) is 59.7 Å². The lowest BCUT2D eigenvalue weighted by Gasteiger charge is -2.08. The zero-order chi connectivity index (χ0) is 18.1. The van der Waals surface area contributed by atoms with Gasteiger partial charge in [0.05, 0.1) is 13.3 Å². The monoisotopic (exact) mass is 341 g/mol. The summed E-state index contributed by atoms with van der Waals surface area (Å²) in [5, 5.41) is 6.59. The fourth-order valence-corrected chi connectivity index (χ4v) is 1.94. The molecule has 25 heavy (non-hydrogen) atoms. The SMILES string of the molecule is COC(=O)COc1ccccc1C=NNC(=O)Nc1ccccc1C. The number of ether oxygens (including phenoxy) is 2. The first-order valence-corrected chi connectivity index (χ1v) is 7.54. The second-order valence-electron chi connectivity index (χ2n) is 5.04. The van der Waals surface area contributed by atoms with E-state index in [1.54, 1.807) is 30.3 Å². The van der Waals surface area contributed by atoms with Crippen molar-refractivity contribution >= 4 is 23.9 Å². The van der Waals surface area contributed by atoms with Gasteiger partial charge in [-0.1, -0.05) is 30.3 Å². The van der Waals surface area contributed by atoms with Gasteiger partial charge in [-0.05, 0) is 30.7 Å². The highest BCUT2D eigenvalue weighted by molar-refractivity contribution is 5.91. The van der Waals surface area contributed by atoms with Crippen LogP contribution in [-0.2, 0) is 9.53 Å². The Morgan fingerprint density at radius 3 is 2.60 bits per heavy atom. The molecular formula is C18H19N3O4. The highest BCUT2D eigenvalue weighted by Crippen LogP contribution is 2.16. The van der Waals surface area contributed by atoms with E-state index in [1.807, 2.05) is 25.1 Å². The van der Waals surface area contributed by atoms with Crippen LogP contribution in [0.25, 0.3) is 0 Å². The first kappa shape index (κ1) is 18.0. The van der Waals surface area contributed by atoms with Crippen LogP contribution in [0, 0.1) is 6.92 Å². The second kappa shape index (κ2) is 9.07. The molecule has 7 nitrogen and oxygen atoms in total. The van der Waals surface area contributed by atoms with Crippen molar-refractivity contribution in [2.75, 3.05) is 19.0 Å². The van der Waals surface area contributed by atoms with Gasteiger partial charge in [-0.25, -0.2) is 15.0 Å². The van der Waals surface area contributed by atoms with Gasteiger partial charge < -0.3 is 14.8 Å². The van der Waals surface area contributed by atoms with E-state index in [0.29, 0.717) is 17.0 Å². The van der Waals surface area contributed by atoms with Crippen LogP contribution < -0.4 is 15.5 Å². The number of esters is 1. The summed E-state index contributed by atoms with van der Waals surface area (Å²) in [5.74, 6) is -0.0276. The van der Waals surface area contributed by atoms with Crippen molar-refractivity contribution < 1.29 is 19.1 Å². The maximum atomic E-state index is 11.9. The quantitative estimate of drug-likeness (QED) is 0.480. The third-order valence-corrected chi connectivity index (χ3v) is 3.26. The van der Waals surface area contributed by atoms with Crippen molar-refractivity contribution in [3.8, 4) is 5.75 Å². The van der Waals surface area contributed by atoms with E-state index in [-0.39, 0.29) is 6.61 Å². The van der Waals surface area contributed by atoms with Crippen LogP contribution in [0.1, 0.15) is 11.1 Å². The van der Waals surface area contributed by atoms with E-state index in [0.717, 1.165) is 5.56 Å². The number of para-hydroxylation sites is 2. The molecule has 0 fully saturated rings. The highest BCUT2D eigenvalue weighted by Gasteiger charge is 2.06. The third-order valence-electron chi connectivity index (χ3n) is 3.26. The number of hydrazone groups is 1. The Hall–Kier alpha value is -3.35. The molecule has 130 valence electrons. The molecule has 0 saturated heterocycles. The van der Waals surface area contributed by atoms with Crippen LogP contribution in [-0.4, -0.2) is 31.9 Å². The van der Waals surface area contributed by atoms with Gasteiger partial charge in [-0.15, -0.1) is 0 Å². The van der Waals surface area contributed by atoms with E-state index in [2.05, 4.69) is 20.6 Å². The van der Waals surface area contributed by atoms with Gasteiger partial charge in [0.15, 0.2) is 6.61 Å². The van der Waals surface area contributed by atoms with E-state index in [4.69, 9.17) is 4.74 Å². The molecule has 2 aromatic rings. The van der Waals surface area contributed by atoms with Crippen LogP contribution in [0.5, 0.6) is 5.75 Å². The summed E-state index contributed by atoms with van der Waals surface area (Å²) in [6, 6.07) is 14.0. The van der Waals surface area contributed by atoms with E-state index in [1.165, 1.54) is 13.3 Å². The van der Waals surface area contributed by atoms with Crippen molar-refractivity contribution in [1.29, 1.82) is 0 Å². The number of amides is 2. The number of benzene rings is 2. The molecule has 0 aliphatic rings. The molecule has 7 heteroatoms. The molecule has 0 aromatic heterocycles. The lowest BCUT2D eigenvalue weighted by molar-refractivity contribution is -0.142. The van der Waals surface area contributed by atoms with Gasteiger partial charge in [-0.3, -0.25) is 0 Å². The average molecular weight is 341 g/mol. The van der Waals surface area contributed by atoms with Crippen molar-refractivity contribution in [3.63, 3.8) is 0 Å². The topological polar surface area (TPSA) is 89.0 Å². The Kier molecular flexibility index (Phi) is 6.53. The zero-order valence-electron chi connectivity index (χ0n) is 14.0. The number of nitrogens with one attached hydrogen (secondary N) is 2. The van der Waals surface area contributed by atoms with Gasteiger partial charge in [0.2, 0.25) is 0 Å². The summed E-state index contributed by atoms with van der Waals surface area (Å²) in [6.45, 7) is 1.69. The third kappa shape index (κ3) is 5.65. The maximum Gasteiger partial charge on any atom is 0.343 e. The lowest BCUT2D eigenvalue weighted by atomic mass is 10.2. The molecule has 0 radical (unpaired) electrons. The van der Waals surface area contributed by atoms with Crippen molar-refractivity contribution in [2.24, 2.45) is 5.10 Å². The number of carbonyl (C=O) groups is 2. The van der Waals surface area contributed by atoms with Gasteiger partial charge >= 0.3 is 12.0 Å². The van der Waals surface area contributed by atoms with Gasteiger partial charge in [0.25, 0.3) is 0 Å². The first-order chi connectivity index (χ1) is 12.1. The Labute approximate surface area is 145 Å². The van der Waals surface area contributed by atoms with Crippen LogP contribution in [0.2, 0.25) is 0 Å². The lowest BCUT2D eigenvalue weighted by Crippen LogP contribution is -2.24. The number of hydrogen-bond donors (Lipinski definition) is 2. The molecular weight excluding hydrogens is 322 g/mol. The zero-order valence-corrected chi connectivity index (χ0v) is 14.0. The molecule has 0 bridgehead atoms. The Balaban J connectivity index is 1.94. The second-order valence-corrected chi connectivity index (χ2v) is 5.04. The normalized spacial score (nSPS) is 10.3. The Morgan fingerprint density at radius 1 is 1.12 bits per heavy atom. The number of rotatable bonds is 6. The molecule has 0 aliphatic heterocycles. The minimum absolute atomic E-state index is 0.206. The van der Waals surface area contributed by atoms with Gasteiger partial charge in [-0.2, -0.15) is 5.10 Å². The summed E-state index contributed by atoms with van der Waals surface area (Å²) < 4.78 is 9.89. The summed E-state index contributed by atoms with van der Waals surface area (Å²) in [6.07, 6.45) is 1.43. The van der Waals surface area contributed by atoms with E-state index in [9.17, 15) is 9.59 Å². The molecule has 0 unspecified atom stereocenters. The number of urea groups is 1. The number of hydrogen-bond acceptors (Lipinski definition) is 5. The molecule has 2 rings (SSSR count). The van der Waals surface area contributed by atoms with Crippen LogP contribution in [0.15, 0.2) is 53.6 Å². The molecule has 0 heterocycles. The largest absolute Gasteiger partial charge is 0.481 e. The Morgan fingerprint density at radius 2 is 1.84 bits per heavy atom. The maximum absolute atomic E-state index is 11.9. The summed E-state index contributed by atoms with van der Waals surface area (Å²) in [4.78, 5) is 23.0. The van der Waals surface area contributed by atoms with Crippen molar-refractivity contribution in [2.45, 2.75) is 6.92 Å². The number of aryl methyl sites for hydroxylation is 1.